The van der Waals surface area contributed by atoms with Gasteiger partial charge < -0.3 is 20.3 Å². The highest BCUT2D eigenvalue weighted by atomic mass is 127. The molecule has 1 atom stereocenters. The van der Waals surface area contributed by atoms with E-state index in [-0.39, 0.29) is 36.1 Å². The van der Waals surface area contributed by atoms with Gasteiger partial charge in [0, 0.05) is 26.3 Å². The number of halogens is 1. The molecule has 0 radical (unpaired) electrons. The summed E-state index contributed by atoms with van der Waals surface area (Å²) < 4.78 is 7.27. The monoisotopic (exact) mass is 501 g/mol. The summed E-state index contributed by atoms with van der Waals surface area (Å²) in [5, 5.41) is 14.6. The third-order valence-corrected chi connectivity index (χ3v) is 4.21. The number of carbonyl (C=O) groups is 1. The SMILES string of the molecule is CN=C(NCc1nnc2ccccn12)N1CCC(NC(=O)OC(C)(C)C)C1.I. The van der Waals surface area contributed by atoms with Gasteiger partial charge in [-0.1, -0.05) is 6.07 Å². The summed E-state index contributed by atoms with van der Waals surface area (Å²) in [6, 6.07) is 5.83. The van der Waals surface area contributed by atoms with Crippen molar-refractivity contribution in [2.45, 2.75) is 45.4 Å². The highest BCUT2D eigenvalue weighted by Crippen LogP contribution is 2.12. The Balaban J connectivity index is 0.00000280. The molecule has 2 N–H and O–H groups in total. The second-order valence-electron chi connectivity index (χ2n) is 7.52. The third-order valence-electron chi connectivity index (χ3n) is 4.21. The van der Waals surface area contributed by atoms with Crippen LogP contribution < -0.4 is 10.6 Å². The fourth-order valence-electron chi connectivity index (χ4n) is 3.05. The van der Waals surface area contributed by atoms with Gasteiger partial charge in [0.2, 0.25) is 0 Å². The summed E-state index contributed by atoms with van der Waals surface area (Å²) in [4.78, 5) is 18.4. The summed E-state index contributed by atoms with van der Waals surface area (Å²) in [7, 11) is 1.75. The van der Waals surface area contributed by atoms with E-state index < -0.39 is 5.60 Å². The number of hydrogen-bond donors (Lipinski definition) is 2. The fourth-order valence-corrected chi connectivity index (χ4v) is 3.05. The Labute approximate surface area is 182 Å². The van der Waals surface area contributed by atoms with Crippen molar-refractivity contribution in [1.29, 1.82) is 0 Å². The number of carbonyl (C=O) groups excluding carboxylic acids is 1. The van der Waals surface area contributed by atoms with Crippen LogP contribution in [0.15, 0.2) is 29.4 Å². The van der Waals surface area contributed by atoms with Gasteiger partial charge in [-0.3, -0.25) is 9.39 Å². The van der Waals surface area contributed by atoms with Gasteiger partial charge in [0.15, 0.2) is 17.4 Å². The average molecular weight is 501 g/mol. The second-order valence-corrected chi connectivity index (χ2v) is 7.52. The van der Waals surface area contributed by atoms with Gasteiger partial charge in [0.1, 0.15) is 5.60 Å². The van der Waals surface area contributed by atoms with Crippen LogP contribution in [0.1, 0.15) is 33.0 Å². The Bertz CT molecular complexity index is 831. The summed E-state index contributed by atoms with van der Waals surface area (Å²) in [6.07, 6.45) is 2.40. The standard InChI is InChI=1S/C18H27N7O2.HI/c1-18(2,3)27-17(26)21-13-8-10-24(12-13)16(19-4)20-11-15-23-22-14-7-5-6-9-25(14)15;/h5-7,9,13H,8,10-12H2,1-4H3,(H,19,20)(H,21,26);1H. The first-order valence-corrected chi connectivity index (χ1v) is 9.09. The smallest absolute Gasteiger partial charge is 0.407 e. The lowest BCUT2D eigenvalue weighted by atomic mass is 10.2. The minimum Gasteiger partial charge on any atom is -0.444 e. The lowest BCUT2D eigenvalue weighted by Crippen LogP contribution is -2.44. The second kappa shape index (κ2) is 9.39. The molecule has 3 heterocycles. The summed E-state index contributed by atoms with van der Waals surface area (Å²) in [5.41, 5.74) is 0.313. The van der Waals surface area contributed by atoms with Crippen molar-refractivity contribution in [1.82, 2.24) is 30.1 Å². The fraction of sp³-hybridized carbons (Fsp3) is 0.556. The zero-order valence-corrected chi connectivity index (χ0v) is 19.0. The molecule has 2 aromatic rings. The van der Waals surface area contributed by atoms with E-state index in [1.165, 1.54) is 0 Å². The van der Waals surface area contributed by atoms with Crippen LogP contribution in [0.4, 0.5) is 4.79 Å². The quantitative estimate of drug-likeness (QED) is 0.380. The minimum absolute atomic E-state index is 0. The van der Waals surface area contributed by atoms with Crippen molar-refractivity contribution in [2.75, 3.05) is 20.1 Å². The number of nitrogens with one attached hydrogen (secondary N) is 2. The maximum absolute atomic E-state index is 12.0. The van der Waals surface area contributed by atoms with Gasteiger partial charge in [-0.2, -0.15) is 0 Å². The number of amides is 1. The van der Waals surface area contributed by atoms with Gasteiger partial charge in [0.05, 0.1) is 12.6 Å². The molecule has 0 saturated carbocycles. The topological polar surface area (TPSA) is 96.1 Å². The first kappa shape index (κ1) is 22.2. The lowest BCUT2D eigenvalue weighted by Gasteiger charge is -2.23. The molecule has 0 bridgehead atoms. The predicted octanol–water partition coefficient (Wildman–Crippen LogP) is 2.02. The number of rotatable bonds is 3. The zero-order chi connectivity index (χ0) is 19.4. The minimum atomic E-state index is -0.499. The van der Waals surface area contributed by atoms with Gasteiger partial charge >= 0.3 is 6.09 Å². The summed E-state index contributed by atoms with van der Waals surface area (Å²) >= 11 is 0. The molecular formula is C18H28IN7O2. The normalized spacial score (nSPS) is 17.4. The van der Waals surface area contributed by atoms with Gasteiger partial charge in [-0.25, -0.2) is 4.79 Å². The van der Waals surface area contributed by atoms with E-state index in [4.69, 9.17) is 4.74 Å². The Morgan fingerprint density at radius 1 is 1.36 bits per heavy atom. The molecular weight excluding hydrogens is 473 g/mol. The number of nitrogens with zero attached hydrogens (tertiary/aromatic N) is 5. The molecule has 0 aliphatic carbocycles. The number of fused-ring (bicyclic) bond motifs is 1. The first-order chi connectivity index (χ1) is 12.9. The van der Waals surface area contributed by atoms with Crippen LogP contribution in [0.5, 0.6) is 0 Å². The van der Waals surface area contributed by atoms with Crippen molar-refractivity contribution < 1.29 is 9.53 Å². The van der Waals surface area contributed by atoms with Crippen LogP contribution in [0, 0.1) is 0 Å². The Morgan fingerprint density at radius 2 is 2.14 bits per heavy atom. The number of guanidine groups is 1. The maximum atomic E-state index is 12.0. The van der Waals surface area contributed by atoms with E-state index in [0.717, 1.165) is 30.4 Å². The van der Waals surface area contributed by atoms with E-state index in [2.05, 4.69) is 30.7 Å². The first-order valence-electron chi connectivity index (χ1n) is 9.09. The summed E-state index contributed by atoms with van der Waals surface area (Å²) in [6.45, 7) is 7.56. The lowest BCUT2D eigenvalue weighted by molar-refractivity contribution is 0.0507. The Hall–Kier alpha value is -2.11. The highest BCUT2D eigenvalue weighted by molar-refractivity contribution is 14.0. The number of aromatic nitrogens is 3. The van der Waals surface area contributed by atoms with Gasteiger partial charge in [-0.15, -0.1) is 34.2 Å². The van der Waals surface area contributed by atoms with Gasteiger partial charge in [-0.05, 0) is 39.3 Å². The van der Waals surface area contributed by atoms with Crippen LogP contribution in [-0.2, 0) is 11.3 Å². The molecule has 2 aromatic heterocycles. The number of pyridine rings is 1. The average Bonchev–Trinajstić information content (AvgIpc) is 3.21. The van der Waals surface area contributed by atoms with E-state index in [1.807, 2.05) is 49.6 Å². The highest BCUT2D eigenvalue weighted by Gasteiger charge is 2.27. The number of aliphatic imine (C=N–C) groups is 1. The molecule has 9 nitrogen and oxygen atoms in total. The van der Waals surface area contributed by atoms with Crippen LogP contribution in [-0.4, -0.2) is 63.3 Å². The Morgan fingerprint density at radius 3 is 2.86 bits per heavy atom. The van der Waals surface area contributed by atoms with Crippen LogP contribution in [0.2, 0.25) is 0 Å². The number of ether oxygens (including phenoxy) is 1. The maximum Gasteiger partial charge on any atom is 0.407 e. The molecule has 28 heavy (non-hydrogen) atoms. The molecule has 154 valence electrons. The zero-order valence-electron chi connectivity index (χ0n) is 16.7. The van der Waals surface area contributed by atoms with Crippen LogP contribution in [0.3, 0.4) is 0 Å². The van der Waals surface area contributed by atoms with E-state index in [0.29, 0.717) is 13.1 Å². The molecule has 1 amide bonds. The number of alkyl carbamates (subject to hydrolysis) is 1. The van der Waals surface area contributed by atoms with Crippen molar-refractivity contribution in [2.24, 2.45) is 4.99 Å². The van der Waals surface area contributed by atoms with E-state index >= 15 is 0 Å². The number of hydrogen-bond acceptors (Lipinski definition) is 5. The van der Waals surface area contributed by atoms with E-state index in [9.17, 15) is 4.79 Å². The molecule has 1 unspecified atom stereocenters. The van der Waals surface area contributed by atoms with E-state index in [1.54, 1.807) is 7.05 Å². The van der Waals surface area contributed by atoms with Crippen molar-refractivity contribution in [3.8, 4) is 0 Å². The van der Waals surface area contributed by atoms with Crippen LogP contribution in [0.25, 0.3) is 5.65 Å². The largest absolute Gasteiger partial charge is 0.444 e. The van der Waals surface area contributed by atoms with Crippen LogP contribution >= 0.6 is 24.0 Å². The Kier molecular flexibility index (Phi) is 7.44. The molecule has 1 aliphatic rings. The molecule has 0 aromatic carbocycles. The van der Waals surface area contributed by atoms with Crippen molar-refractivity contribution in [3.63, 3.8) is 0 Å². The molecule has 1 saturated heterocycles. The molecule has 1 aliphatic heterocycles. The molecule has 0 spiro atoms. The molecule has 10 heteroatoms. The third kappa shape index (κ3) is 5.69. The summed E-state index contributed by atoms with van der Waals surface area (Å²) in [5.74, 6) is 1.59. The van der Waals surface area contributed by atoms with Gasteiger partial charge in [0.25, 0.3) is 0 Å². The molecule has 1 fully saturated rings. The van der Waals surface area contributed by atoms with Crippen molar-refractivity contribution >= 4 is 41.7 Å². The molecule has 3 rings (SSSR count). The number of likely N-dealkylation sites (tertiary alicyclic amines) is 1. The van der Waals surface area contributed by atoms with Crippen molar-refractivity contribution in [3.05, 3.63) is 30.2 Å². The predicted molar refractivity (Wildman–Crippen MR) is 118 cm³/mol.